The van der Waals surface area contributed by atoms with Crippen molar-refractivity contribution in [3.05, 3.63) is 17.0 Å². The Hall–Kier alpha value is -0.910. The molecule has 0 amide bonds. The van der Waals surface area contributed by atoms with Crippen LogP contribution < -0.4 is 10.6 Å². The molecule has 0 spiro atoms. The molecule has 1 atom stereocenters. The summed E-state index contributed by atoms with van der Waals surface area (Å²) in [6.45, 7) is 10.0. The van der Waals surface area contributed by atoms with E-state index in [2.05, 4.69) is 36.5 Å². The molecule has 110 valence electrons. The van der Waals surface area contributed by atoms with Gasteiger partial charge in [0.25, 0.3) is 0 Å². The summed E-state index contributed by atoms with van der Waals surface area (Å²) in [5.74, 6) is 0. The minimum atomic E-state index is 0.467. The molecule has 2 N–H and O–H groups in total. The Morgan fingerprint density at radius 1 is 1.32 bits per heavy atom. The van der Waals surface area contributed by atoms with E-state index in [4.69, 9.17) is 4.74 Å². The Labute approximate surface area is 116 Å². The highest BCUT2D eigenvalue weighted by molar-refractivity contribution is 5.24. The standard InChI is InChI=1S/C14H28N4O/c1-11(10-15-8-9-19-5)16-7-6-14-12(2)17-18(4)13(14)3/h11,15-16H,6-10H2,1-5H3. The first kappa shape index (κ1) is 16.1. The van der Waals surface area contributed by atoms with Crippen LogP contribution in [0.25, 0.3) is 0 Å². The number of aromatic nitrogens is 2. The number of methoxy groups -OCH3 is 1. The van der Waals surface area contributed by atoms with E-state index in [0.717, 1.165) is 38.4 Å². The predicted octanol–water partition coefficient (Wildman–Crippen LogP) is 0.794. The maximum Gasteiger partial charge on any atom is 0.0628 e. The monoisotopic (exact) mass is 268 g/mol. The van der Waals surface area contributed by atoms with Gasteiger partial charge in [-0.05, 0) is 39.3 Å². The van der Waals surface area contributed by atoms with Gasteiger partial charge in [0.15, 0.2) is 0 Å². The van der Waals surface area contributed by atoms with Crippen LogP contribution in [0.4, 0.5) is 0 Å². The fourth-order valence-electron chi connectivity index (χ4n) is 2.19. The number of nitrogens with zero attached hydrogens (tertiary/aromatic N) is 2. The Morgan fingerprint density at radius 2 is 2.05 bits per heavy atom. The van der Waals surface area contributed by atoms with Crippen molar-refractivity contribution < 1.29 is 4.74 Å². The molecular formula is C14H28N4O. The molecule has 5 nitrogen and oxygen atoms in total. The van der Waals surface area contributed by atoms with E-state index in [0.29, 0.717) is 6.04 Å². The van der Waals surface area contributed by atoms with Gasteiger partial charge in [0.1, 0.15) is 0 Å². The number of nitrogens with one attached hydrogen (secondary N) is 2. The van der Waals surface area contributed by atoms with E-state index < -0.39 is 0 Å². The van der Waals surface area contributed by atoms with Crippen molar-refractivity contribution in [3.63, 3.8) is 0 Å². The lowest BCUT2D eigenvalue weighted by Crippen LogP contribution is -2.38. The van der Waals surface area contributed by atoms with E-state index in [-0.39, 0.29) is 0 Å². The predicted molar refractivity (Wildman–Crippen MR) is 78.6 cm³/mol. The van der Waals surface area contributed by atoms with E-state index in [1.807, 2.05) is 11.7 Å². The lowest BCUT2D eigenvalue weighted by Gasteiger charge is -2.14. The third kappa shape index (κ3) is 5.30. The van der Waals surface area contributed by atoms with Crippen LogP contribution >= 0.6 is 0 Å². The molecule has 19 heavy (non-hydrogen) atoms. The zero-order chi connectivity index (χ0) is 14.3. The van der Waals surface area contributed by atoms with Crippen LogP contribution in [0.15, 0.2) is 0 Å². The molecule has 1 rings (SSSR count). The molecule has 1 aromatic rings. The van der Waals surface area contributed by atoms with Crippen LogP contribution in [0.5, 0.6) is 0 Å². The van der Waals surface area contributed by atoms with Gasteiger partial charge in [0.05, 0.1) is 12.3 Å². The summed E-state index contributed by atoms with van der Waals surface area (Å²) < 4.78 is 6.96. The van der Waals surface area contributed by atoms with Crippen LogP contribution in [-0.2, 0) is 18.2 Å². The van der Waals surface area contributed by atoms with Gasteiger partial charge >= 0.3 is 0 Å². The second kappa shape index (κ2) is 8.30. The Kier molecular flexibility index (Phi) is 7.05. The zero-order valence-electron chi connectivity index (χ0n) is 12.9. The number of hydrogen-bond acceptors (Lipinski definition) is 4. The smallest absolute Gasteiger partial charge is 0.0628 e. The maximum atomic E-state index is 5.00. The summed E-state index contributed by atoms with van der Waals surface area (Å²) in [5.41, 5.74) is 3.78. The highest BCUT2D eigenvalue weighted by Gasteiger charge is 2.09. The Morgan fingerprint density at radius 3 is 2.63 bits per heavy atom. The minimum Gasteiger partial charge on any atom is -0.383 e. The average Bonchev–Trinajstić information content (AvgIpc) is 2.61. The Balaban J connectivity index is 2.22. The number of rotatable bonds is 9. The molecule has 0 saturated heterocycles. The highest BCUT2D eigenvalue weighted by Crippen LogP contribution is 2.11. The molecule has 1 aromatic heterocycles. The van der Waals surface area contributed by atoms with E-state index in [1.165, 1.54) is 11.3 Å². The third-order valence-corrected chi connectivity index (χ3v) is 3.46. The molecule has 0 radical (unpaired) electrons. The highest BCUT2D eigenvalue weighted by atomic mass is 16.5. The summed E-state index contributed by atoms with van der Waals surface area (Å²) in [5, 5.41) is 11.3. The van der Waals surface area contributed by atoms with Crippen LogP contribution in [0.2, 0.25) is 0 Å². The number of ether oxygens (including phenoxy) is 1. The molecule has 5 heteroatoms. The molecule has 1 unspecified atom stereocenters. The first-order chi connectivity index (χ1) is 9.06. The van der Waals surface area contributed by atoms with Crippen LogP contribution in [-0.4, -0.2) is 49.2 Å². The van der Waals surface area contributed by atoms with Gasteiger partial charge in [0, 0.05) is 39.0 Å². The molecule has 0 aliphatic rings. The second-order valence-electron chi connectivity index (χ2n) is 5.08. The molecular weight excluding hydrogens is 240 g/mol. The van der Waals surface area contributed by atoms with Crippen molar-refractivity contribution in [1.82, 2.24) is 20.4 Å². The van der Waals surface area contributed by atoms with E-state index >= 15 is 0 Å². The number of hydrogen-bond donors (Lipinski definition) is 2. The summed E-state index contributed by atoms with van der Waals surface area (Å²) in [6, 6.07) is 0.467. The van der Waals surface area contributed by atoms with Gasteiger partial charge in [0.2, 0.25) is 0 Å². The van der Waals surface area contributed by atoms with Gasteiger partial charge in [-0.1, -0.05) is 0 Å². The second-order valence-corrected chi connectivity index (χ2v) is 5.08. The van der Waals surface area contributed by atoms with Crippen LogP contribution in [0, 0.1) is 13.8 Å². The molecule has 0 fully saturated rings. The molecule has 1 heterocycles. The van der Waals surface area contributed by atoms with Crippen LogP contribution in [0.1, 0.15) is 23.9 Å². The lowest BCUT2D eigenvalue weighted by atomic mass is 10.1. The zero-order valence-corrected chi connectivity index (χ0v) is 12.9. The average molecular weight is 268 g/mol. The van der Waals surface area contributed by atoms with Crippen molar-refractivity contribution in [2.75, 3.05) is 33.4 Å². The lowest BCUT2D eigenvalue weighted by molar-refractivity contribution is 0.198. The van der Waals surface area contributed by atoms with Crippen molar-refractivity contribution in [3.8, 4) is 0 Å². The largest absolute Gasteiger partial charge is 0.383 e. The van der Waals surface area contributed by atoms with E-state index in [1.54, 1.807) is 7.11 Å². The fraction of sp³-hybridized carbons (Fsp3) is 0.786. The minimum absolute atomic E-state index is 0.467. The first-order valence-electron chi connectivity index (χ1n) is 6.98. The summed E-state index contributed by atoms with van der Waals surface area (Å²) >= 11 is 0. The molecule has 0 aromatic carbocycles. The summed E-state index contributed by atoms with van der Waals surface area (Å²) in [7, 11) is 3.73. The van der Waals surface area contributed by atoms with Gasteiger partial charge in [-0.2, -0.15) is 5.10 Å². The van der Waals surface area contributed by atoms with Crippen molar-refractivity contribution in [1.29, 1.82) is 0 Å². The Bertz CT molecular complexity index is 376. The quantitative estimate of drug-likeness (QED) is 0.650. The summed E-state index contributed by atoms with van der Waals surface area (Å²) in [4.78, 5) is 0. The van der Waals surface area contributed by atoms with Crippen molar-refractivity contribution in [2.45, 2.75) is 33.2 Å². The molecule has 0 aliphatic heterocycles. The number of aryl methyl sites for hydroxylation is 2. The van der Waals surface area contributed by atoms with Crippen LogP contribution in [0.3, 0.4) is 0 Å². The van der Waals surface area contributed by atoms with E-state index in [9.17, 15) is 0 Å². The third-order valence-electron chi connectivity index (χ3n) is 3.46. The first-order valence-corrected chi connectivity index (χ1v) is 6.98. The van der Waals surface area contributed by atoms with Gasteiger partial charge < -0.3 is 15.4 Å². The molecule has 0 saturated carbocycles. The topological polar surface area (TPSA) is 51.1 Å². The molecule has 0 bridgehead atoms. The van der Waals surface area contributed by atoms with Gasteiger partial charge in [-0.3, -0.25) is 4.68 Å². The van der Waals surface area contributed by atoms with Gasteiger partial charge in [-0.25, -0.2) is 0 Å². The maximum absolute atomic E-state index is 5.00. The molecule has 0 aliphatic carbocycles. The normalized spacial score (nSPS) is 12.9. The van der Waals surface area contributed by atoms with Crippen molar-refractivity contribution >= 4 is 0 Å². The van der Waals surface area contributed by atoms with Gasteiger partial charge in [-0.15, -0.1) is 0 Å². The summed E-state index contributed by atoms with van der Waals surface area (Å²) in [6.07, 6.45) is 1.04. The van der Waals surface area contributed by atoms with Crippen molar-refractivity contribution in [2.24, 2.45) is 7.05 Å². The SMILES string of the molecule is COCCNCC(C)NCCc1c(C)nn(C)c1C. The fourth-order valence-corrected chi connectivity index (χ4v) is 2.19.